The Bertz CT molecular complexity index is 397. The van der Waals surface area contributed by atoms with Crippen LogP contribution in [0.3, 0.4) is 0 Å². The molecular weight excluding hydrogens is 217 g/mol. The Labute approximate surface area is 91.5 Å². The van der Waals surface area contributed by atoms with Crippen molar-refractivity contribution in [1.82, 2.24) is 0 Å². The van der Waals surface area contributed by atoms with Gasteiger partial charge in [-0.15, -0.1) is 0 Å². The summed E-state index contributed by atoms with van der Waals surface area (Å²) in [6, 6.07) is 1.09. The second kappa shape index (κ2) is 4.54. The van der Waals surface area contributed by atoms with Crippen molar-refractivity contribution in [3.63, 3.8) is 0 Å². The standard InChI is InChI=1S/C10H12FNO4/c11-7-4-8-10(15-3-1-2-14-8)6(5-16-12)9(7)13/h4,13H,1-3,5,12H2. The lowest BCUT2D eigenvalue weighted by Crippen LogP contribution is -2.04. The first-order valence-electron chi connectivity index (χ1n) is 4.85. The SMILES string of the molecule is NOCc1c(O)c(F)cc2c1OCCCO2. The van der Waals surface area contributed by atoms with Crippen molar-refractivity contribution in [2.75, 3.05) is 13.2 Å². The highest BCUT2D eigenvalue weighted by atomic mass is 19.1. The van der Waals surface area contributed by atoms with Crippen LogP contribution in [0, 0.1) is 5.82 Å². The van der Waals surface area contributed by atoms with Crippen molar-refractivity contribution in [2.24, 2.45) is 5.90 Å². The van der Waals surface area contributed by atoms with Crippen molar-refractivity contribution >= 4 is 0 Å². The molecule has 0 radical (unpaired) electrons. The van der Waals surface area contributed by atoms with Gasteiger partial charge in [-0.25, -0.2) is 10.3 Å². The molecule has 1 aliphatic heterocycles. The molecule has 3 N–H and O–H groups in total. The van der Waals surface area contributed by atoms with Crippen LogP contribution in [-0.4, -0.2) is 18.3 Å². The molecule has 0 amide bonds. The van der Waals surface area contributed by atoms with Gasteiger partial charge in [0.1, 0.15) is 6.61 Å². The van der Waals surface area contributed by atoms with Gasteiger partial charge in [-0.3, -0.25) is 4.84 Å². The van der Waals surface area contributed by atoms with Gasteiger partial charge in [0, 0.05) is 12.5 Å². The van der Waals surface area contributed by atoms with E-state index in [9.17, 15) is 9.50 Å². The monoisotopic (exact) mass is 229 g/mol. The Kier molecular flexibility index (Phi) is 3.12. The van der Waals surface area contributed by atoms with Gasteiger partial charge in [0.25, 0.3) is 0 Å². The molecule has 0 bridgehead atoms. The predicted molar refractivity (Wildman–Crippen MR) is 52.6 cm³/mol. The average Bonchev–Trinajstić information content (AvgIpc) is 2.50. The van der Waals surface area contributed by atoms with Crippen LogP contribution in [0.2, 0.25) is 0 Å². The van der Waals surface area contributed by atoms with Crippen LogP contribution in [0.1, 0.15) is 12.0 Å². The number of aromatic hydroxyl groups is 1. The van der Waals surface area contributed by atoms with Crippen LogP contribution in [0.4, 0.5) is 4.39 Å². The molecule has 0 unspecified atom stereocenters. The second-order valence-electron chi connectivity index (χ2n) is 3.37. The lowest BCUT2D eigenvalue weighted by Gasteiger charge is -2.13. The van der Waals surface area contributed by atoms with Crippen LogP contribution in [0.5, 0.6) is 17.2 Å². The average molecular weight is 229 g/mol. The smallest absolute Gasteiger partial charge is 0.170 e. The Hall–Kier alpha value is -1.53. The maximum absolute atomic E-state index is 13.3. The largest absolute Gasteiger partial charge is 0.504 e. The van der Waals surface area contributed by atoms with Gasteiger partial charge in [0.15, 0.2) is 23.1 Å². The molecule has 0 aromatic heterocycles. The summed E-state index contributed by atoms with van der Waals surface area (Å²) < 4.78 is 24.0. The summed E-state index contributed by atoms with van der Waals surface area (Å²) in [6.45, 7) is 0.741. The predicted octanol–water partition coefficient (Wildman–Crippen LogP) is 1.08. The number of ether oxygens (including phenoxy) is 2. The highest BCUT2D eigenvalue weighted by Gasteiger charge is 2.22. The van der Waals surface area contributed by atoms with E-state index in [1.54, 1.807) is 0 Å². The molecule has 1 aliphatic rings. The van der Waals surface area contributed by atoms with E-state index in [2.05, 4.69) is 4.84 Å². The van der Waals surface area contributed by atoms with Crippen LogP contribution >= 0.6 is 0 Å². The molecule has 1 aromatic rings. The fourth-order valence-electron chi connectivity index (χ4n) is 1.55. The first-order valence-corrected chi connectivity index (χ1v) is 4.85. The van der Waals surface area contributed by atoms with E-state index in [1.165, 1.54) is 0 Å². The number of benzene rings is 1. The summed E-state index contributed by atoms with van der Waals surface area (Å²) in [7, 11) is 0. The Morgan fingerprint density at radius 2 is 2.19 bits per heavy atom. The molecule has 0 saturated heterocycles. The number of halogens is 1. The molecule has 16 heavy (non-hydrogen) atoms. The normalized spacial score (nSPS) is 14.6. The number of nitrogens with two attached hydrogens (primary N) is 1. The van der Waals surface area contributed by atoms with E-state index in [0.717, 1.165) is 6.07 Å². The number of rotatable bonds is 2. The van der Waals surface area contributed by atoms with Gasteiger partial charge in [-0.2, -0.15) is 0 Å². The minimum Gasteiger partial charge on any atom is -0.504 e. The molecule has 0 aliphatic carbocycles. The van der Waals surface area contributed by atoms with Crippen molar-refractivity contribution in [2.45, 2.75) is 13.0 Å². The van der Waals surface area contributed by atoms with Crippen molar-refractivity contribution in [3.8, 4) is 17.2 Å². The number of fused-ring (bicyclic) bond motifs is 1. The summed E-state index contributed by atoms with van der Waals surface area (Å²) in [5, 5.41) is 9.53. The molecule has 1 heterocycles. The fraction of sp³-hybridized carbons (Fsp3) is 0.400. The van der Waals surface area contributed by atoms with Crippen LogP contribution in [0.15, 0.2) is 6.07 Å². The maximum atomic E-state index is 13.3. The van der Waals surface area contributed by atoms with Crippen molar-refractivity contribution < 1.29 is 23.8 Å². The highest BCUT2D eigenvalue weighted by Crippen LogP contribution is 2.40. The molecule has 0 atom stereocenters. The molecule has 6 heteroatoms. The molecule has 0 spiro atoms. The molecule has 0 saturated carbocycles. The van der Waals surface area contributed by atoms with Gasteiger partial charge in [-0.1, -0.05) is 0 Å². The lowest BCUT2D eigenvalue weighted by atomic mass is 10.1. The highest BCUT2D eigenvalue weighted by molar-refractivity contribution is 5.54. The zero-order valence-corrected chi connectivity index (χ0v) is 8.53. The van der Waals surface area contributed by atoms with Crippen LogP contribution in [-0.2, 0) is 11.4 Å². The topological polar surface area (TPSA) is 73.9 Å². The third-order valence-corrected chi connectivity index (χ3v) is 2.29. The zero-order chi connectivity index (χ0) is 11.5. The molecule has 5 nitrogen and oxygen atoms in total. The third-order valence-electron chi connectivity index (χ3n) is 2.29. The summed E-state index contributed by atoms with van der Waals surface area (Å²) in [5.74, 6) is 4.18. The van der Waals surface area contributed by atoms with Crippen LogP contribution in [0.25, 0.3) is 0 Å². The lowest BCUT2D eigenvalue weighted by molar-refractivity contribution is 0.118. The molecule has 88 valence electrons. The third kappa shape index (κ3) is 1.89. The van der Waals surface area contributed by atoms with E-state index in [-0.39, 0.29) is 17.9 Å². The quantitative estimate of drug-likeness (QED) is 0.742. The van der Waals surface area contributed by atoms with Gasteiger partial charge in [0.2, 0.25) is 0 Å². The summed E-state index contributed by atoms with van der Waals surface area (Å²) in [6.07, 6.45) is 0.694. The number of phenolic OH excluding ortho intramolecular Hbond substituents is 1. The van der Waals surface area contributed by atoms with E-state index < -0.39 is 11.6 Å². The Balaban J connectivity index is 2.51. The second-order valence-corrected chi connectivity index (χ2v) is 3.37. The van der Waals surface area contributed by atoms with Gasteiger partial charge < -0.3 is 14.6 Å². The van der Waals surface area contributed by atoms with Gasteiger partial charge >= 0.3 is 0 Å². The Morgan fingerprint density at radius 1 is 1.44 bits per heavy atom. The van der Waals surface area contributed by atoms with E-state index in [0.29, 0.717) is 25.4 Å². The molecule has 0 fully saturated rings. The maximum Gasteiger partial charge on any atom is 0.170 e. The summed E-state index contributed by atoms with van der Waals surface area (Å²) >= 11 is 0. The molecular formula is C10H12FNO4. The Morgan fingerprint density at radius 3 is 2.94 bits per heavy atom. The molecule has 2 rings (SSSR count). The first-order chi connectivity index (χ1) is 7.74. The van der Waals surface area contributed by atoms with Crippen LogP contribution < -0.4 is 15.4 Å². The van der Waals surface area contributed by atoms with Gasteiger partial charge in [-0.05, 0) is 0 Å². The van der Waals surface area contributed by atoms with Gasteiger partial charge in [0.05, 0.1) is 18.8 Å². The van der Waals surface area contributed by atoms with Crippen molar-refractivity contribution in [3.05, 3.63) is 17.4 Å². The van der Waals surface area contributed by atoms with E-state index in [4.69, 9.17) is 15.4 Å². The minimum atomic E-state index is -0.781. The summed E-state index contributed by atoms with van der Waals surface area (Å²) in [4.78, 5) is 4.41. The fourth-order valence-corrected chi connectivity index (χ4v) is 1.55. The molecule has 1 aromatic carbocycles. The zero-order valence-electron chi connectivity index (χ0n) is 8.53. The summed E-state index contributed by atoms with van der Waals surface area (Å²) in [5.41, 5.74) is 0.166. The number of hydrogen-bond acceptors (Lipinski definition) is 5. The van der Waals surface area contributed by atoms with Crippen molar-refractivity contribution in [1.29, 1.82) is 0 Å². The number of phenols is 1. The van der Waals surface area contributed by atoms with E-state index in [1.807, 2.05) is 0 Å². The van der Waals surface area contributed by atoms with E-state index >= 15 is 0 Å². The first kappa shape index (κ1) is 11.0. The minimum absolute atomic E-state index is 0.144. The number of hydrogen-bond donors (Lipinski definition) is 2.